The summed E-state index contributed by atoms with van der Waals surface area (Å²) in [6.45, 7) is 3.09. The van der Waals surface area contributed by atoms with E-state index in [2.05, 4.69) is 41.9 Å². The van der Waals surface area contributed by atoms with Crippen molar-refractivity contribution in [3.63, 3.8) is 0 Å². The number of benzene rings is 1. The van der Waals surface area contributed by atoms with Crippen LogP contribution in [0.3, 0.4) is 0 Å². The molecule has 0 fully saturated rings. The number of halogens is 1. The fraction of sp³-hybridized carbons (Fsp3) is 0.286. The van der Waals surface area contributed by atoms with Gasteiger partial charge < -0.3 is 5.32 Å². The van der Waals surface area contributed by atoms with Crippen LogP contribution in [0, 0.1) is 0 Å². The third-order valence-corrected chi connectivity index (χ3v) is 4.00. The van der Waals surface area contributed by atoms with E-state index < -0.39 is 0 Å². The highest BCUT2D eigenvalue weighted by molar-refractivity contribution is 7.10. The standard InChI is InChI=1S/C14H16ClNS/c1-2-13(14-4-3-9-17-14)16-10-11-5-7-12(15)8-6-11/h3-9,13,16H,2,10H2,1H3. The van der Waals surface area contributed by atoms with Gasteiger partial charge in [-0.25, -0.2) is 0 Å². The van der Waals surface area contributed by atoms with Crippen molar-refractivity contribution in [2.24, 2.45) is 0 Å². The summed E-state index contributed by atoms with van der Waals surface area (Å²) >= 11 is 7.67. The van der Waals surface area contributed by atoms with E-state index in [1.165, 1.54) is 10.4 Å². The zero-order chi connectivity index (χ0) is 12.1. The van der Waals surface area contributed by atoms with Crippen LogP contribution < -0.4 is 5.32 Å². The minimum atomic E-state index is 0.450. The van der Waals surface area contributed by atoms with Gasteiger partial charge in [0, 0.05) is 22.5 Å². The van der Waals surface area contributed by atoms with Crippen LogP contribution in [0.25, 0.3) is 0 Å². The van der Waals surface area contributed by atoms with Gasteiger partial charge in [0.25, 0.3) is 0 Å². The maximum Gasteiger partial charge on any atom is 0.0414 e. The van der Waals surface area contributed by atoms with Gasteiger partial charge in [0.05, 0.1) is 0 Å². The number of hydrogen-bond donors (Lipinski definition) is 1. The molecule has 0 bridgehead atoms. The van der Waals surface area contributed by atoms with Gasteiger partial charge in [0.15, 0.2) is 0 Å². The molecule has 17 heavy (non-hydrogen) atoms. The van der Waals surface area contributed by atoms with E-state index in [0.29, 0.717) is 6.04 Å². The molecule has 0 saturated heterocycles. The van der Waals surface area contributed by atoms with Crippen LogP contribution in [0.15, 0.2) is 41.8 Å². The highest BCUT2D eigenvalue weighted by Gasteiger charge is 2.08. The minimum Gasteiger partial charge on any atom is -0.305 e. The van der Waals surface area contributed by atoms with Crippen molar-refractivity contribution >= 4 is 22.9 Å². The third-order valence-electron chi connectivity index (χ3n) is 2.76. The van der Waals surface area contributed by atoms with Gasteiger partial charge in [-0.1, -0.05) is 36.7 Å². The number of rotatable bonds is 5. The smallest absolute Gasteiger partial charge is 0.0414 e. The first kappa shape index (κ1) is 12.6. The molecule has 0 aliphatic carbocycles. The maximum absolute atomic E-state index is 5.86. The molecule has 1 atom stereocenters. The van der Waals surface area contributed by atoms with Crippen LogP contribution in [-0.4, -0.2) is 0 Å². The molecule has 0 saturated carbocycles. The third kappa shape index (κ3) is 3.56. The molecule has 1 N–H and O–H groups in total. The van der Waals surface area contributed by atoms with Crippen LogP contribution in [0.5, 0.6) is 0 Å². The first-order chi connectivity index (χ1) is 8.29. The molecule has 1 unspecified atom stereocenters. The van der Waals surface area contributed by atoms with Gasteiger partial charge in [-0.15, -0.1) is 11.3 Å². The van der Waals surface area contributed by atoms with Crippen LogP contribution in [-0.2, 0) is 6.54 Å². The lowest BCUT2D eigenvalue weighted by Gasteiger charge is -2.15. The van der Waals surface area contributed by atoms with Crippen molar-refractivity contribution in [1.82, 2.24) is 5.32 Å². The number of thiophene rings is 1. The van der Waals surface area contributed by atoms with Crippen molar-refractivity contribution in [1.29, 1.82) is 0 Å². The van der Waals surface area contributed by atoms with E-state index in [0.717, 1.165) is 18.0 Å². The lowest BCUT2D eigenvalue weighted by atomic mass is 10.1. The van der Waals surface area contributed by atoms with Gasteiger partial charge in [0.2, 0.25) is 0 Å². The van der Waals surface area contributed by atoms with E-state index in [-0.39, 0.29) is 0 Å². The predicted octanol–water partition coefficient (Wildman–Crippen LogP) is 4.64. The van der Waals surface area contributed by atoms with Crippen LogP contribution in [0.2, 0.25) is 5.02 Å². The second-order valence-corrected chi connectivity index (χ2v) is 5.40. The Hall–Kier alpha value is -0.830. The van der Waals surface area contributed by atoms with Gasteiger partial charge >= 0.3 is 0 Å². The molecule has 0 aliphatic rings. The Labute approximate surface area is 111 Å². The lowest BCUT2D eigenvalue weighted by Crippen LogP contribution is -2.19. The SMILES string of the molecule is CCC(NCc1ccc(Cl)cc1)c1cccs1. The Kier molecular flexibility index (Phi) is 4.60. The average Bonchev–Trinajstić information content (AvgIpc) is 2.86. The Bertz CT molecular complexity index is 436. The molecule has 0 aliphatic heterocycles. The molecule has 1 aromatic carbocycles. The van der Waals surface area contributed by atoms with Crippen molar-refractivity contribution in [2.45, 2.75) is 25.9 Å². The van der Waals surface area contributed by atoms with Gasteiger partial charge in [-0.2, -0.15) is 0 Å². The number of nitrogens with one attached hydrogen (secondary N) is 1. The number of hydrogen-bond acceptors (Lipinski definition) is 2. The largest absolute Gasteiger partial charge is 0.305 e. The Balaban J connectivity index is 1.94. The van der Waals surface area contributed by atoms with Crippen molar-refractivity contribution in [3.8, 4) is 0 Å². The van der Waals surface area contributed by atoms with Crippen molar-refractivity contribution < 1.29 is 0 Å². The fourth-order valence-electron chi connectivity index (χ4n) is 1.78. The van der Waals surface area contributed by atoms with Gasteiger partial charge in [-0.3, -0.25) is 0 Å². The minimum absolute atomic E-state index is 0.450. The molecule has 1 heterocycles. The normalized spacial score (nSPS) is 12.6. The molecular formula is C14H16ClNS. The van der Waals surface area contributed by atoms with Crippen LogP contribution in [0.1, 0.15) is 29.8 Å². The monoisotopic (exact) mass is 265 g/mol. The first-order valence-corrected chi connectivity index (χ1v) is 7.06. The second-order valence-electron chi connectivity index (χ2n) is 3.98. The molecular weight excluding hydrogens is 250 g/mol. The van der Waals surface area contributed by atoms with Gasteiger partial charge in [-0.05, 0) is 35.6 Å². The molecule has 2 rings (SSSR count). The lowest BCUT2D eigenvalue weighted by molar-refractivity contribution is 0.526. The molecule has 2 aromatic rings. The van der Waals surface area contributed by atoms with Crippen LogP contribution >= 0.6 is 22.9 Å². The van der Waals surface area contributed by atoms with E-state index in [9.17, 15) is 0 Å². The fourth-order valence-corrected chi connectivity index (χ4v) is 2.79. The average molecular weight is 266 g/mol. The summed E-state index contributed by atoms with van der Waals surface area (Å²) < 4.78 is 0. The summed E-state index contributed by atoms with van der Waals surface area (Å²) in [5.74, 6) is 0. The molecule has 1 nitrogen and oxygen atoms in total. The Morgan fingerprint density at radius 2 is 2.00 bits per heavy atom. The topological polar surface area (TPSA) is 12.0 Å². The quantitative estimate of drug-likeness (QED) is 0.830. The molecule has 0 radical (unpaired) electrons. The molecule has 0 amide bonds. The van der Waals surface area contributed by atoms with Crippen molar-refractivity contribution in [2.75, 3.05) is 0 Å². The van der Waals surface area contributed by atoms with E-state index in [1.807, 2.05) is 23.5 Å². The first-order valence-electron chi connectivity index (χ1n) is 5.81. The van der Waals surface area contributed by atoms with Crippen molar-refractivity contribution in [3.05, 3.63) is 57.2 Å². The zero-order valence-corrected chi connectivity index (χ0v) is 11.4. The second kappa shape index (κ2) is 6.20. The molecule has 3 heteroatoms. The Morgan fingerprint density at radius 3 is 2.59 bits per heavy atom. The van der Waals surface area contributed by atoms with E-state index >= 15 is 0 Å². The van der Waals surface area contributed by atoms with E-state index in [1.54, 1.807) is 0 Å². The molecule has 90 valence electrons. The summed E-state index contributed by atoms with van der Waals surface area (Å²) in [4.78, 5) is 1.40. The molecule has 1 aromatic heterocycles. The summed E-state index contributed by atoms with van der Waals surface area (Å²) in [6.07, 6.45) is 1.11. The van der Waals surface area contributed by atoms with Gasteiger partial charge in [0.1, 0.15) is 0 Å². The highest BCUT2D eigenvalue weighted by Crippen LogP contribution is 2.22. The van der Waals surface area contributed by atoms with E-state index in [4.69, 9.17) is 11.6 Å². The Morgan fingerprint density at radius 1 is 1.24 bits per heavy atom. The maximum atomic E-state index is 5.86. The molecule has 0 spiro atoms. The summed E-state index contributed by atoms with van der Waals surface area (Å²) in [5.41, 5.74) is 1.27. The summed E-state index contributed by atoms with van der Waals surface area (Å²) in [5, 5.41) is 6.49. The highest BCUT2D eigenvalue weighted by atomic mass is 35.5. The summed E-state index contributed by atoms with van der Waals surface area (Å²) in [7, 11) is 0. The zero-order valence-electron chi connectivity index (χ0n) is 9.82. The van der Waals surface area contributed by atoms with Crippen LogP contribution in [0.4, 0.5) is 0 Å². The predicted molar refractivity (Wildman–Crippen MR) is 75.6 cm³/mol. The summed E-state index contributed by atoms with van der Waals surface area (Å²) in [6, 6.07) is 12.7.